The van der Waals surface area contributed by atoms with Crippen LogP contribution in [0.2, 0.25) is 0 Å². The second-order valence-electron chi connectivity index (χ2n) is 1.39. The molecule has 4 heteroatoms. The van der Waals surface area contributed by atoms with Crippen LogP contribution in [0.3, 0.4) is 0 Å². The third-order valence-corrected chi connectivity index (χ3v) is 1.09. The molecule has 0 atom stereocenters. The van der Waals surface area contributed by atoms with E-state index in [0.717, 1.165) is 5.75 Å². The van der Waals surface area contributed by atoms with E-state index in [4.69, 9.17) is 0 Å². The van der Waals surface area contributed by atoms with Crippen LogP contribution in [0.1, 0.15) is 0 Å². The summed E-state index contributed by atoms with van der Waals surface area (Å²) in [6, 6.07) is 9.45. The van der Waals surface area contributed by atoms with Crippen molar-refractivity contribution in [2.45, 2.75) is 0 Å². The third kappa shape index (κ3) is 4.02. The van der Waals surface area contributed by atoms with Crippen molar-refractivity contribution in [2.24, 2.45) is 0 Å². The van der Waals surface area contributed by atoms with E-state index in [0.29, 0.717) is 0 Å². The second-order valence-corrected chi connectivity index (χ2v) is 1.61. The molecule has 0 aliphatic rings. The van der Waals surface area contributed by atoms with Gasteiger partial charge in [0.1, 0.15) is 0 Å². The summed E-state index contributed by atoms with van der Waals surface area (Å²) in [5.74, 6) is 0.799. The van der Waals surface area contributed by atoms with Crippen LogP contribution in [0.4, 0.5) is 0 Å². The van der Waals surface area contributed by atoms with Crippen molar-refractivity contribution < 1.29 is 45.0 Å². The van der Waals surface area contributed by atoms with Gasteiger partial charge in [-0.25, -0.2) is 0 Å². The zero-order valence-electron chi connectivity index (χ0n) is 4.90. The molecule has 0 N–H and O–H groups in total. The van der Waals surface area contributed by atoms with E-state index in [-0.39, 0.29) is 24.8 Å². The van der Waals surface area contributed by atoms with Gasteiger partial charge >= 0.3 is 56.2 Å². The van der Waals surface area contributed by atoms with Gasteiger partial charge in [-0.15, -0.1) is 0 Å². The van der Waals surface area contributed by atoms with Gasteiger partial charge in [-0.05, 0) is 0 Å². The van der Waals surface area contributed by atoms with E-state index in [9.17, 15) is 0 Å². The van der Waals surface area contributed by atoms with E-state index < -0.39 is 0 Å². The number of benzene rings is 1. The van der Waals surface area contributed by atoms with Gasteiger partial charge < -0.3 is 24.8 Å². The molecule has 0 bridgehead atoms. The van der Waals surface area contributed by atoms with Crippen LogP contribution >= 0.6 is 0 Å². The Hall–Kier alpha value is 0.119. The fourth-order valence-electron chi connectivity index (χ4n) is 0.469. The maximum atomic E-state index is 4.66. The molecule has 1 nitrogen and oxygen atoms in total. The zero-order valence-corrected chi connectivity index (χ0v) is 7.52. The molecular weight excluding hydrogens is 215 g/mol. The van der Waals surface area contributed by atoms with E-state index >= 15 is 0 Å². The van der Waals surface area contributed by atoms with Crippen molar-refractivity contribution in [3.63, 3.8) is 0 Å². The summed E-state index contributed by atoms with van der Waals surface area (Å²) in [4.78, 5) is 0. The Bertz CT molecular complexity index is 157. The number of para-hydroxylation sites is 1. The van der Waals surface area contributed by atoms with Gasteiger partial charge in [0.15, 0.2) is 0 Å². The summed E-state index contributed by atoms with van der Waals surface area (Å²) in [6.07, 6.45) is 0. The summed E-state index contributed by atoms with van der Waals surface area (Å²) in [5.41, 5.74) is 0. The Morgan fingerprint density at radius 3 is 1.80 bits per heavy atom. The summed E-state index contributed by atoms with van der Waals surface area (Å²) in [7, 11) is 0. The monoisotopic (exact) mass is 219 g/mol. The van der Waals surface area contributed by atoms with E-state index in [1.165, 1.54) is 0 Å². The Morgan fingerprint density at radius 2 is 1.50 bits per heavy atom. The summed E-state index contributed by atoms with van der Waals surface area (Å²) in [5, 5.41) is 0. The molecule has 0 saturated heterocycles. The Balaban J connectivity index is 0. The molecule has 0 radical (unpaired) electrons. The quantitative estimate of drug-likeness (QED) is 0.433. The molecule has 1 rings (SSSR count). The average Bonchev–Trinajstić information content (AvgIpc) is 1.90. The molecule has 1 aromatic rings. The molecule has 0 fully saturated rings. The average molecular weight is 220 g/mol. The Morgan fingerprint density at radius 1 is 1.00 bits per heavy atom. The van der Waals surface area contributed by atoms with Gasteiger partial charge in [0.05, 0.1) is 0 Å². The first-order valence-corrected chi connectivity index (χ1v) is 2.71. The summed E-state index contributed by atoms with van der Waals surface area (Å²) < 4.78 is 4.66. The SMILES string of the molecule is [Cl-].[Cl-].[Fe+2][O]c1ccccc1. The van der Waals surface area contributed by atoms with Crippen molar-refractivity contribution in [1.82, 2.24) is 0 Å². The topological polar surface area (TPSA) is 9.23 Å². The number of hydrogen-bond acceptors (Lipinski definition) is 1. The van der Waals surface area contributed by atoms with Crippen molar-refractivity contribution in [3.8, 4) is 5.75 Å². The summed E-state index contributed by atoms with van der Waals surface area (Å²) >= 11 is 3.26. The van der Waals surface area contributed by atoms with Crippen LogP contribution in [0.15, 0.2) is 30.3 Å². The van der Waals surface area contributed by atoms with Crippen LogP contribution in [-0.4, -0.2) is 0 Å². The van der Waals surface area contributed by atoms with Crippen molar-refractivity contribution in [3.05, 3.63) is 30.3 Å². The third-order valence-electron chi connectivity index (χ3n) is 0.827. The first-order valence-electron chi connectivity index (χ1n) is 2.26. The fraction of sp³-hybridized carbons (Fsp3) is 0. The predicted octanol–water partition coefficient (Wildman–Crippen LogP) is -4.46. The molecule has 0 unspecified atom stereocenters. The standard InChI is InChI=1S/C6H6O.2ClH.Fe/c7-6-4-2-1-3-5-6;;;/h1-5,7H;2*1H;/q;;;+3/p-3. The Kier molecular flexibility index (Phi) is 9.23. The molecule has 0 saturated carbocycles. The van der Waals surface area contributed by atoms with E-state index in [2.05, 4.69) is 20.2 Å². The molecule has 0 aliphatic heterocycles. The normalized spacial score (nSPS) is 6.80. The zero-order chi connectivity index (χ0) is 5.82. The first kappa shape index (κ1) is 12.8. The predicted molar refractivity (Wildman–Crippen MR) is 27.1 cm³/mol. The maximum absolute atomic E-state index is 4.66. The second kappa shape index (κ2) is 7.23. The molecule has 1 aromatic carbocycles. The van der Waals surface area contributed by atoms with Crippen LogP contribution < -0.4 is 28.6 Å². The van der Waals surface area contributed by atoms with Crippen LogP contribution in [-0.2, 0) is 16.3 Å². The number of halogens is 2. The van der Waals surface area contributed by atoms with Gasteiger partial charge in [0.2, 0.25) is 0 Å². The van der Waals surface area contributed by atoms with Gasteiger partial charge in [0, 0.05) is 0 Å². The van der Waals surface area contributed by atoms with Gasteiger partial charge in [-0.1, -0.05) is 0 Å². The minimum absolute atomic E-state index is 0. The molecule has 0 heterocycles. The first-order chi connectivity index (χ1) is 3.93. The molecule has 0 amide bonds. The molecular formula is C6H5Cl2FeO. The van der Waals surface area contributed by atoms with E-state index in [1.54, 1.807) is 0 Å². The number of hydrogen-bond donors (Lipinski definition) is 0. The molecule has 0 aromatic heterocycles. The van der Waals surface area contributed by atoms with Gasteiger partial charge in [0.25, 0.3) is 0 Å². The fourth-order valence-corrected chi connectivity index (χ4v) is 0.619. The summed E-state index contributed by atoms with van der Waals surface area (Å²) in [6.45, 7) is 0. The van der Waals surface area contributed by atoms with E-state index in [1.807, 2.05) is 30.3 Å². The molecule has 57 valence electrons. The molecule has 0 spiro atoms. The van der Waals surface area contributed by atoms with Crippen molar-refractivity contribution in [2.75, 3.05) is 0 Å². The van der Waals surface area contributed by atoms with Gasteiger partial charge in [-0.2, -0.15) is 0 Å². The number of rotatable bonds is 1. The molecule has 10 heavy (non-hydrogen) atoms. The molecule has 0 aliphatic carbocycles. The van der Waals surface area contributed by atoms with Crippen LogP contribution in [0.5, 0.6) is 5.75 Å². The van der Waals surface area contributed by atoms with Crippen LogP contribution in [0, 0.1) is 0 Å². The minimum atomic E-state index is 0. The van der Waals surface area contributed by atoms with Crippen molar-refractivity contribution in [1.29, 1.82) is 0 Å². The Labute approximate surface area is 81.1 Å². The van der Waals surface area contributed by atoms with Gasteiger partial charge in [-0.3, -0.25) is 0 Å². The van der Waals surface area contributed by atoms with Crippen molar-refractivity contribution >= 4 is 0 Å². The van der Waals surface area contributed by atoms with Crippen LogP contribution in [0.25, 0.3) is 0 Å².